The van der Waals surface area contributed by atoms with Crippen LogP contribution in [0.3, 0.4) is 0 Å². The summed E-state index contributed by atoms with van der Waals surface area (Å²) < 4.78 is 8.58. The Morgan fingerprint density at radius 2 is 1.92 bits per heavy atom. The van der Waals surface area contributed by atoms with Crippen LogP contribution < -0.4 is 24.8 Å². The van der Waals surface area contributed by atoms with Gasteiger partial charge < -0.3 is 10.1 Å². The average molecular weight is 560 g/mol. The second kappa shape index (κ2) is 11.2. The van der Waals surface area contributed by atoms with Crippen molar-refractivity contribution in [2.75, 3.05) is 11.9 Å². The summed E-state index contributed by atoms with van der Waals surface area (Å²) in [5.41, 5.74) is 2.32. The van der Waals surface area contributed by atoms with Gasteiger partial charge in [-0.25, -0.2) is 0 Å². The number of para-hydroxylation sites is 1. The van der Waals surface area contributed by atoms with E-state index in [2.05, 4.69) is 21.2 Å². The number of amides is 1. The second-order valence-electron chi connectivity index (χ2n) is 7.82. The fourth-order valence-corrected chi connectivity index (χ4v) is 5.11. The highest BCUT2D eigenvalue weighted by Crippen LogP contribution is 2.24. The fraction of sp³-hybridized carbons (Fsp3) is 0.107. The molecule has 1 aromatic heterocycles. The van der Waals surface area contributed by atoms with Gasteiger partial charge >= 0.3 is 0 Å². The van der Waals surface area contributed by atoms with Gasteiger partial charge in [0.25, 0.3) is 11.5 Å². The number of hydrogen-bond donors (Lipinski definition) is 1. The van der Waals surface area contributed by atoms with Crippen molar-refractivity contribution >= 4 is 50.5 Å². The van der Waals surface area contributed by atoms with Crippen molar-refractivity contribution in [1.82, 2.24) is 4.57 Å². The van der Waals surface area contributed by atoms with Crippen LogP contribution >= 0.6 is 27.3 Å². The highest BCUT2D eigenvalue weighted by molar-refractivity contribution is 9.10. The van der Waals surface area contributed by atoms with E-state index in [1.165, 1.54) is 4.57 Å². The number of carbonyl (C=O) groups is 1. The van der Waals surface area contributed by atoms with E-state index in [9.17, 15) is 14.9 Å². The topological polar surface area (TPSA) is 84.1 Å². The molecule has 0 saturated carbocycles. The van der Waals surface area contributed by atoms with Crippen molar-refractivity contribution in [3.05, 3.63) is 108 Å². The van der Waals surface area contributed by atoms with E-state index < -0.39 is 5.91 Å². The van der Waals surface area contributed by atoms with Crippen molar-refractivity contribution in [2.45, 2.75) is 13.8 Å². The molecule has 0 spiro atoms. The molecule has 0 aliphatic heterocycles. The van der Waals surface area contributed by atoms with Gasteiger partial charge in [-0.2, -0.15) is 5.26 Å². The number of nitrogens with one attached hydrogen (secondary N) is 1. The van der Waals surface area contributed by atoms with E-state index in [-0.39, 0.29) is 15.8 Å². The maximum absolute atomic E-state index is 13.6. The Balaban J connectivity index is 1.97. The molecule has 36 heavy (non-hydrogen) atoms. The number of benzene rings is 3. The quantitative estimate of drug-likeness (QED) is 0.376. The number of hydrogen-bond acceptors (Lipinski definition) is 5. The van der Waals surface area contributed by atoms with Gasteiger partial charge in [-0.05, 0) is 68.0 Å². The Bertz CT molecular complexity index is 1650. The molecule has 1 heterocycles. The summed E-state index contributed by atoms with van der Waals surface area (Å²) in [5, 5.41) is 12.8. The van der Waals surface area contributed by atoms with Crippen LogP contribution in [-0.4, -0.2) is 17.1 Å². The Morgan fingerprint density at radius 3 is 2.61 bits per heavy atom. The number of nitriles is 1. The van der Waals surface area contributed by atoms with Gasteiger partial charge in [0.15, 0.2) is 5.57 Å². The zero-order valence-electron chi connectivity index (χ0n) is 19.6. The van der Waals surface area contributed by atoms with Gasteiger partial charge in [-0.3, -0.25) is 14.2 Å². The maximum atomic E-state index is 13.6. The van der Waals surface area contributed by atoms with Crippen LogP contribution in [0.4, 0.5) is 5.69 Å². The molecule has 1 N–H and O–H groups in total. The third kappa shape index (κ3) is 5.48. The van der Waals surface area contributed by atoms with Crippen molar-refractivity contribution in [2.24, 2.45) is 0 Å². The molecule has 0 fully saturated rings. The molecule has 0 unspecified atom stereocenters. The number of aromatic nitrogens is 1. The fourth-order valence-electron chi connectivity index (χ4n) is 3.63. The lowest BCUT2D eigenvalue weighted by atomic mass is 10.2. The number of halogens is 1. The first-order chi connectivity index (χ1) is 17.4. The Labute approximate surface area is 220 Å². The van der Waals surface area contributed by atoms with Crippen molar-refractivity contribution in [1.29, 1.82) is 5.26 Å². The molecule has 4 rings (SSSR count). The highest BCUT2D eigenvalue weighted by Gasteiger charge is 2.17. The molecule has 0 radical (unpaired) electrons. The van der Waals surface area contributed by atoms with Crippen LogP contribution in [0.2, 0.25) is 0 Å². The summed E-state index contributed by atoms with van der Waals surface area (Å²) in [5.74, 6) is 0.0426. The van der Waals surface area contributed by atoms with Gasteiger partial charge in [0.2, 0.25) is 0 Å². The third-order valence-corrected chi connectivity index (χ3v) is 6.81. The summed E-state index contributed by atoms with van der Waals surface area (Å²) >= 11 is 4.56. The summed E-state index contributed by atoms with van der Waals surface area (Å²) in [6, 6.07) is 23.8. The summed E-state index contributed by atoms with van der Waals surface area (Å²) in [4.78, 5) is 26.8. The molecule has 1 amide bonds. The van der Waals surface area contributed by atoms with E-state index in [0.29, 0.717) is 33.8 Å². The molecular weight excluding hydrogens is 538 g/mol. The van der Waals surface area contributed by atoms with Crippen LogP contribution in [0.25, 0.3) is 17.3 Å². The normalized spacial score (nSPS) is 12.1. The van der Waals surface area contributed by atoms with Crippen LogP contribution in [0.1, 0.15) is 18.1 Å². The standard InChI is InChI=1S/C28H22BrN3O3S/c1-3-35-24-13-12-20(29)15-19(24)16-25-27(34)32(22-10-5-4-6-11-22)28(36-25)23(17-30)26(33)31-21-9-7-8-18(2)14-21/h4-16H,3H2,1-2H3,(H,31,33)/b25-16+,28-23+. The minimum atomic E-state index is -0.585. The number of rotatable bonds is 6. The minimum absolute atomic E-state index is 0.151. The van der Waals surface area contributed by atoms with Gasteiger partial charge in [-0.15, -0.1) is 11.3 Å². The largest absolute Gasteiger partial charge is 0.493 e. The lowest BCUT2D eigenvalue weighted by Crippen LogP contribution is -2.32. The third-order valence-electron chi connectivity index (χ3n) is 5.22. The van der Waals surface area contributed by atoms with Gasteiger partial charge in [0.1, 0.15) is 16.5 Å². The first-order valence-corrected chi connectivity index (χ1v) is 12.8. The summed E-state index contributed by atoms with van der Waals surface area (Å²) in [6.45, 7) is 4.27. The molecule has 180 valence electrons. The van der Waals surface area contributed by atoms with Crippen molar-refractivity contribution in [3.8, 4) is 17.5 Å². The maximum Gasteiger partial charge on any atom is 0.273 e. The van der Waals surface area contributed by atoms with E-state index in [1.807, 2.05) is 62.4 Å². The molecule has 0 saturated heterocycles. The van der Waals surface area contributed by atoms with Gasteiger partial charge in [0.05, 0.1) is 16.8 Å². The van der Waals surface area contributed by atoms with Crippen LogP contribution in [0, 0.1) is 18.3 Å². The Morgan fingerprint density at radius 1 is 1.14 bits per heavy atom. The highest BCUT2D eigenvalue weighted by atomic mass is 79.9. The predicted molar refractivity (Wildman–Crippen MR) is 147 cm³/mol. The number of anilines is 1. The van der Waals surface area contributed by atoms with E-state index >= 15 is 0 Å². The number of ether oxygens (including phenoxy) is 1. The lowest BCUT2D eigenvalue weighted by molar-refractivity contribution is -0.111. The van der Waals surface area contributed by atoms with E-state index in [1.54, 1.807) is 36.4 Å². The van der Waals surface area contributed by atoms with Crippen LogP contribution in [0.5, 0.6) is 5.75 Å². The van der Waals surface area contributed by atoms with Gasteiger partial charge in [-0.1, -0.05) is 46.3 Å². The molecule has 0 aliphatic carbocycles. The van der Waals surface area contributed by atoms with Crippen LogP contribution in [-0.2, 0) is 4.79 Å². The number of aryl methyl sites for hydroxylation is 1. The summed E-state index contributed by atoms with van der Waals surface area (Å²) in [7, 11) is 0. The monoisotopic (exact) mass is 559 g/mol. The molecule has 0 aliphatic rings. The number of nitrogens with zero attached hydrogens (tertiary/aromatic N) is 2. The van der Waals surface area contributed by atoms with E-state index in [0.717, 1.165) is 21.4 Å². The zero-order valence-corrected chi connectivity index (χ0v) is 22.0. The SMILES string of the molecule is CCOc1ccc(Br)cc1/C=c1/s/c(=C(\C#N)C(=O)Nc2cccc(C)c2)n(-c2ccccc2)c1=O. The first kappa shape index (κ1) is 25.2. The number of carbonyl (C=O) groups excluding carboxylic acids is 1. The van der Waals surface area contributed by atoms with Crippen molar-refractivity contribution in [3.63, 3.8) is 0 Å². The Hall–Kier alpha value is -3.93. The molecule has 0 bridgehead atoms. The average Bonchev–Trinajstić information content (AvgIpc) is 3.17. The molecule has 6 nitrogen and oxygen atoms in total. The molecule has 8 heteroatoms. The first-order valence-electron chi connectivity index (χ1n) is 11.1. The summed E-state index contributed by atoms with van der Waals surface area (Å²) in [6.07, 6.45) is 1.72. The smallest absolute Gasteiger partial charge is 0.273 e. The molecule has 0 atom stereocenters. The number of thiazole rings is 1. The zero-order chi connectivity index (χ0) is 25.7. The van der Waals surface area contributed by atoms with Crippen LogP contribution in [0.15, 0.2) is 82.1 Å². The second-order valence-corrected chi connectivity index (χ2v) is 9.76. The van der Waals surface area contributed by atoms with Crippen molar-refractivity contribution < 1.29 is 9.53 Å². The molecular formula is C28H22BrN3O3S. The molecule has 3 aromatic carbocycles. The minimum Gasteiger partial charge on any atom is -0.493 e. The molecule has 4 aromatic rings. The van der Waals surface area contributed by atoms with E-state index in [4.69, 9.17) is 4.74 Å². The Kier molecular flexibility index (Phi) is 7.84. The predicted octanol–water partition coefficient (Wildman–Crippen LogP) is 4.51. The van der Waals surface area contributed by atoms with Gasteiger partial charge in [0, 0.05) is 15.7 Å². The lowest BCUT2D eigenvalue weighted by Gasteiger charge is -2.07.